The van der Waals surface area contributed by atoms with Gasteiger partial charge in [0.15, 0.2) is 0 Å². The van der Waals surface area contributed by atoms with Crippen molar-refractivity contribution in [2.75, 3.05) is 97.3 Å². The number of anilines is 1. The number of nitriles is 1. The number of carbonyl (C=O) groups is 3. The Bertz CT molecular complexity index is 1410. The van der Waals surface area contributed by atoms with Crippen molar-refractivity contribution in [2.45, 2.75) is 44.8 Å². The summed E-state index contributed by atoms with van der Waals surface area (Å²) in [4.78, 5) is 48.0. The number of benzene rings is 1. The second kappa shape index (κ2) is 18.6. The number of piperazine rings is 1. The molecule has 0 bridgehead atoms. The SMILES string of the molecule is CCCOCCOCCOCC(=O)N1CCN(CCCNc2ccc3nccc(C(=O)NCC(=O)N4CC(C)(F)C[C@H]4C#N)c3c2)CC1. The van der Waals surface area contributed by atoms with Crippen LogP contribution < -0.4 is 10.6 Å². The Hall–Kier alpha value is -3.90. The van der Waals surface area contributed by atoms with Gasteiger partial charge in [-0.25, -0.2) is 4.39 Å². The Kier molecular flexibility index (Phi) is 14.3. The molecule has 262 valence electrons. The van der Waals surface area contributed by atoms with Crippen molar-refractivity contribution in [1.82, 2.24) is 25.0 Å². The van der Waals surface area contributed by atoms with Crippen LogP contribution in [0.5, 0.6) is 0 Å². The Morgan fingerprint density at radius 1 is 1.04 bits per heavy atom. The molecule has 2 N–H and O–H groups in total. The molecule has 1 aromatic heterocycles. The van der Waals surface area contributed by atoms with Crippen LogP contribution in [0.15, 0.2) is 30.5 Å². The summed E-state index contributed by atoms with van der Waals surface area (Å²) in [6.07, 6.45) is 3.36. The molecule has 48 heavy (non-hydrogen) atoms. The number of hydrogen-bond acceptors (Lipinski definition) is 10. The Morgan fingerprint density at radius 2 is 1.77 bits per heavy atom. The second-order valence-corrected chi connectivity index (χ2v) is 12.3. The molecular weight excluding hydrogens is 621 g/mol. The van der Waals surface area contributed by atoms with Gasteiger partial charge in [0, 0.05) is 63.0 Å². The lowest BCUT2D eigenvalue weighted by atomic mass is 10.1. The van der Waals surface area contributed by atoms with Crippen LogP contribution >= 0.6 is 0 Å². The van der Waals surface area contributed by atoms with E-state index in [1.54, 1.807) is 6.07 Å². The number of halogens is 1. The molecule has 1 unspecified atom stereocenters. The summed E-state index contributed by atoms with van der Waals surface area (Å²) in [6.45, 7) is 10.1. The number of fused-ring (bicyclic) bond motifs is 1. The van der Waals surface area contributed by atoms with Crippen molar-refractivity contribution >= 4 is 34.3 Å². The van der Waals surface area contributed by atoms with Gasteiger partial charge in [-0.15, -0.1) is 0 Å². The van der Waals surface area contributed by atoms with Crippen LogP contribution in [0, 0.1) is 11.3 Å². The molecule has 1 aromatic carbocycles. The molecule has 0 aliphatic carbocycles. The summed E-state index contributed by atoms with van der Waals surface area (Å²) in [5.41, 5.74) is 0.207. The largest absolute Gasteiger partial charge is 0.385 e. The van der Waals surface area contributed by atoms with Crippen molar-refractivity contribution in [3.63, 3.8) is 0 Å². The summed E-state index contributed by atoms with van der Waals surface area (Å²) in [7, 11) is 0. The van der Waals surface area contributed by atoms with Gasteiger partial charge in [0.25, 0.3) is 5.91 Å². The van der Waals surface area contributed by atoms with E-state index < -0.39 is 23.5 Å². The average Bonchev–Trinajstić information content (AvgIpc) is 3.42. The number of ether oxygens (including phenoxy) is 3. The monoisotopic (exact) mass is 669 g/mol. The lowest BCUT2D eigenvalue weighted by Gasteiger charge is -2.34. The molecule has 2 aliphatic rings. The summed E-state index contributed by atoms with van der Waals surface area (Å²) < 4.78 is 30.7. The van der Waals surface area contributed by atoms with E-state index in [4.69, 9.17) is 14.2 Å². The van der Waals surface area contributed by atoms with Gasteiger partial charge in [0.1, 0.15) is 18.3 Å². The third kappa shape index (κ3) is 11.1. The van der Waals surface area contributed by atoms with Gasteiger partial charge in [0.05, 0.1) is 56.7 Å². The standard InChI is InChI=1S/C34H48FN7O6/c1-3-15-46-16-17-47-18-19-48-24-32(44)41-13-11-40(12-14-41)10-4-8-37-26-5-6-30-29(20-26)28(7-9-38-30)33(45)39-23-31(43)42-25-34(2,35)21-27(42)22-36/h5-7,9,20,27,37H,3-4,8,10-19,21,23-25H2,1-2H3,(H,39,45)/t27-,34?/m0/s1. The molecule has 2 fully saturated rings. The Balaban J connectivity index is 1.14. The number of likely N-dealkylation sites (tertiary alicyclic amines) is 1. The highest BCUT2D eigenvalue weighted by Gasteiger charge is 2.43. The predicted octanol–water partition coefficient (Wildman–Crippen LogP) is 2.22. The maximum absolute atomic E-state index is 14.4. The number of nitrogens with one attached hydrogen (secondary N) is 2. The molecule has 4 rings (SSSR count). The van der Waals surface area contributed by atoms with Gasteiger partial charge < -0.3 is 34.6 Å². The average molecular weight is 670 g/mol. The van der Waals surface area contributed by atoms with E-state index in [1.165, 1.54) is 18.0 Å². The number of nitrogens with zero attached hydrogens (tertiary/aromatic N) is 5. The van der Waals surface area contributed by atoms with E-state index in [0.717, 1.165) is 44.8 Å². The number of hydrogen-bond donors (Lipinski definition) is 2. The maximum Gasteiger partial charge on any atom is 0.252 e. The molecule has 0 saturated carbocycles. The first-order valence-electron chi connectivity index (χ1n) is 16.7. The summed E-state index contributed by atoms with van der Waals surface area (Å²) >= 11 is 0. The molecule has 2 atom stereocenters. The first kappa shape index (κ1) is 36.9. The minimum atomic E-state index is -1.63. The number of amides is 3. The van der Waals surface area contributed by atoms with Crippen LogP contribution in [0.1, 0.15) is 43.5 Å². The first-order valence-corrected chi connectivity index (χ1v) is 16.7. The summed E-state index contributed by atoms with van der Waals surface area (Å²) in [5.74, 6) is -0.956. The van der Waals surface area contributed by atoms with Crippen molar-refractivity contribution in [1.29, 1.82) is 5.26 Å². The Labute approximate surface area is 281 Å². The normalized spacial score (nSPS) is 19.8. The molecule has 14 heteroatoms. The molecule has 13 nitrogen and oxygen atoms in total. The fourth-order valence-corrected chi connectivity index (χ4v) is 5.82. The van der Waals surface area contributed by atoms with E-state index in [1.807, 2.05) is 29.2 Å². The predicted molar refractivity (Wildman–Crippen MR) is 178 cm³/mol. The van der Waals surface area contributed by atoms with E-state index in [-0.39, 0.29) is 32.0 Å². The van der Waals surface area contributed by atoms with Crippen LogP contribution in [-0.4, -0.2) is 141 Å². The van der Waals surface area contributed by atoms with Crippen molar-refractivity contribution in [3.05, 3.63) is 36.0 Å². The first-order chi connectivity index (χ1) is 23.2. The summed E-state index contributed by atoms with van der Waals surface area (Å²) in [5, 5.41) is 16.0. The molecule has 3 amide bonds. The maximum atomic E-state index is 14.4. The number of alkyl halides is 1. The summed E-state index contributed by atoms with van der Waals surface area (Å²) in [6, 6.07) is 8.32. The number of aromatic nitrogens is 1. The number of carbonyl (C=O) groups excluding carboxylic acids is 3. The molecule has 2 aliphatic heterocycles. The van der Waals surface area contributed by atoms with Gasteiger partial charge in [-0.05, 0) is 50.6 Å². The third-order valence-electron chi connectivity index (χ3n) is 8.37. The van der Waals surface area contributed by atoms with Gasteiger partial charge in [-0.2, -0.15) is 5.26 Å². The minimum Gasteiger partial charge on any atom is -0.385 e. The quantitative estimate of drug-likeness (QED) is 0.226. The smallest absolute Gasteiger partial charge is 0.252 e. The third-order valence-corrected chi connectivity index (χ3v) is 8.37. The fraction of sp³-hybridized carbons (Fsp3) is 0.618. The van der Waals surface area contributed by atoms with Gasteiger partial charge >= 0.3 is 0 Å². The highest BCUT2D eigenvalue weighted by Crippen LogP contribution is 2.30. The van der Waals surface area contributed by atoms with E-state index in [0.29, 0.717) is 62.5 Å². The zero-order valence-corrected chi connectivity index (χ0v) is 28.0. The van der Waals surface area contributed by atoms with Gasteiger partial charge in [-0.1, -0.05) is 6.92 Å². The number of pyridine rings is 1. The molecule has 2 aromatic rings. The van der Waals surface area contributed by atoms with Crippen LogP contribution in [0.25, 0.3) is 10.9 Å². The van der Waals surface area contributed by atoms with Crippen molar-refractivity contribution < 1.29 is 33.0 Å². The van der Waals surface area contributed by atoms with Gasteiger partial charge in [0.2, 0.25) is 11.8 Å². The lowest BCUT2D eigenvalue weighted by Crippen LogP contribution is -2.50. The van der Waals surface area contributed by atoms with Crippen molar-refractivity contribution in [3.8, 4) is 6.07 Å². The zero-order valence-electron chi connectivity index (χ0n) is 28.0. The Morgan fingerprint density at radius 3 is 2.50 bits per heavy atom. The fourth-order valence-electron chi connectivity index (χ4n) is 5.82. The van der Waals surface area contributed by atoms with Gasteiger partial charge in [-0.3, -0.25) is 24.3 Å². The number of rotatable bonds is 18. The van der Waals surface area contributed by atoms with Crippen LogP contribution in [-0.2, 0) is 23.8 Å². The zero-order chi connectivity index (χ0) is 34.4. The van der Waals surface area contributed by atoms with E-state index in [2.05, 4.69) is 27.4 Å². The molecular formula is C34H48FN7O6. The second-order valence-electron chi connectivity index (χ2n) is 12.3. The molecule has 3 heterocycles. The van der Waals surface area contributed by atoms with E-state index >= 15 is 0 Å². The molecule has 0 spiro atoms. The minimum absolute atomic E-state index is 0.00313. The van der Waals surface area contributed by atoms with Crippen LogP contribution in [0.3, 0.4) is 0 Å². The topological polar surface area (TPSA) is 149 Å². The lowest BCUT2D eigenvalue weighted by molar-refractivity contribution is -0.138. The van der Waals surface area contributed by atoms with Crippen LogP contribution in [0.4, 0.5) is 10.1 Å². The highest BCUT2D eigenvalue weighted by molar-refractivity contribution is 6.07. The molecule has 2 saturated heterocycles. The van der Waals surface area contributed by atoms with E-state index in [9.17, 15) is 24.0 Å². The molecule has 0 radical (unpaired) electrons. The van der Waals surface area contributed by atoms with Crippen LogP contribution in [0.2, 0.25) is 0 Å². The van der Waals surface area contributed by atoms with Crippen molar-refractivity contribution in [2.24, 2.45) is 0 Å². The highest BCUT2D eigenvalue weighted by atomic mass is 19.1.